The molecule has 0 spiro atoms. The summed E-state index contributed by atoms with van der Waals surface area (Å²) in [6.45, 7) is 8.49. The van der Waals surface area contributed by atoms with Gasteiger partial charge >= 0.3 is 6.09 Å². The molecule has 0 unspecified atom stereocenters. The van der Waals surface area contributed by atoms with Gasteiger partial charge in [-0.25, -0.2) is 9.18 Å². The highest BCUT2D eigenvalue weighted by molar-refractivity contribution is 9.10. The van der Waals surface area contributed by atoms with E-state index in [-0.39, 0.29) is 12.5 Å². The fraction of sp³-hybridized carbons (Fsp3) is 0.556. The number of aromatic nitrogens is 1. The van der Waals surface area contributed by atoms with Crippen LogP contribution in [0.1, 0.15) is 79.9 Å². The SMILES string of the molecule is CCN(CC)C(=O)Oc1c(F)c(C)c(Cc2ccc(OCOC)c(C3CCCCC3)n2)c(C)c1Br. The van der Waals surface area contributed by atoms with Crippen LogP contribution in [0.5, 0.6) is 11.5 Å². The zero-order valence-electron chi connectivity index (χ0n) is 21.4. The lowest BCUT2D eigenvalue weighted by atomic mass is 9.86. The van der Waals surface area contributed by atoms with Gasteiger partial charge in [0.2, 0.25) is 0 Å². The summed E-state index contributed by atoms with van der Waals surface area (Å²) in [5, 5.41) is 0. The van der Waals surface area contributed by atoms with Gasteiger partial charge in [-0.05, 0) is 85.3 Å². The fourth-order valence-electron chi connectivity index (χ4n) is 4.67. The third-order valence-corrected chi connectivity index (χ3v) is 7.75. The Hall–Kier alpha value is -2.19. The molecule has 1 heterocycles. The number of halogens is 2. The number of nitrogens with zero attached hydrogens (tertiary/aromatic N) is 2. The Balaban J connectivity index is 1.94. The van der Waals surface area contributed by atoms with Crippen LogP contribution in [0.25, 0.3) is 0 Å². The van der Waals surface area contributed by atoms with Gasteiger partial charge in [-0.1, -0.05) is 19.3 Å². The highest BCUT2D eigenvalue weighted by Gasteiger charge is 2.25. The van der Waals surface area contributed by atoms with Gasteiger partial charge in [0, 0.05) is 38.2 Å². The number of rotatable bonds is 9. The first-order chi connectivity index (χ1) is 16.8. The second kappa shape index (κ2) is 12.7. The molecule has 1 aliphatic carbocycles. The van der Waals surface area contributed by atoms with Crippen molar-refractivity contribution >= 4 is 22.0 Å². The van der Waals surface area contributed by atoms with Gasteiger partial charge in [0.25, 0.3) is 0 Å². The van der Waals surface area contributed by atoms with E-state index >= 15 is 4.39 Å². The number of hydrogen-bond acceptors (Lipinski definition) is 5. The summed E-state index contributed by atoms with van der Waals surface area (Å²) in [7, 11) is 1.60. The number of carbonyl (C=O) groups excluding carboxylic acids is 1. The van der Waals surface area contributed by atoms with E-state index in [9.17, 15) is 4.79 Å². The Labute approximate surface area is 216 Å². The van der Waals surface area contributed by atoms with Crippen molar-refractivity contribution in [2.24, 2.45) is 0 Å². The third-order valence-electron chi connectivity index (χ3n) is 6.80. The van der Waals surface area contributed by atoms with Crippen molar-refractivity contribution in [3.63, 3.8) is 0 Å². The molecule has 1 fully saturated rings. The van der Waals surface area contributed by atoms with Crippen LogP contribution >= 0.6 is 15.9 Å². The van der Waals surface area contributed by atoms with Gasteiger partial charge in [-0.3, -0.25) is 4.98 Å². The van der Waals surface area contributed by atoms with Crippen molar-refractivity contribution in [2.75, 3.05) is 27.0 Å². The summed E-state index contributed by atoms with van der Waals surface area (Å²) in [5.41, 5.74) is 3.91. The standard InChI is InChI=1S/C27H36BrFN2O4/c1-6-31(7-2)27(32)35-26-23(28)17(3)21(18(4)24(26)29)15-20-13-14-22(34-16-33-5)25(30-20)19-11-9-8-10-12-19/h13-14,19H,6-12,15-16H2,1-5H3. The van der Waals surface area contributed by atoms with E-state index in [0.717, 1.165) is 41.1 Å². The smallest absolute Gasteiger partial charge is 0.415 e. The zero-order chi connectivity index (χ0) is 25.5. The summed E-state index contributed by atoms with van der Waals surface area (Å²) in [5.74, 6) is 0.496. The largest absolute Gasteiger partial charge is 0.466 e. The Morgan fingerprint density at radius 3 is 2.46 bits per heavy atom. The Morgan fingerprint density at radius 1 is 1.14 bits per heavy atom. The van der Waals surface area contributed by atoms with Crippen molar-refractivity contribution in [3.8, 4) is 11.5 Å². The maximum atomic E-state index is 15.4. The minimum Gasteiger partial charge on any atom is -0.466 e. The predicted octanol–water partition coefficient (Wildman–Crippen LogP) is 7.06. The van der Waals surface area contributed by atoms with E-state index in [1.54, 1.807) is 14.0 Å². The quantitative estimate of drug-likeness (QED) is 0.312. The van der Waals surface area contributed by atoms with E-state index in [1.807, 2.05) is 32.9 Å². The summed E-state index contributed by atoms with van der Waals surface area (Å²) in [6.07, 6.45) is 5.69. The van der Waals surface area contributed by atoms with E-state index in [0.29, 0.717) is 35.5 Å². The van der Waals surface area contributed by atoms with Crippen molar-refractivity contribution < 1.29 is 23.4 Å². The lowest BCUT2D eigenvalue weighted by molar-refractivity contribution is 0.0496. The molecule has 1 aliphatic rings. The van der Waals surface area contributed by atoms with Crippen LogP contribution in [0, 0.1) is 19.7 Å². The molecule has 0 bridgehead atoms. The van der Waals surface area contributed by atoms with E-state index in [1.165, 1.54) is 24.2 Å². The maximum Gasteiger partial charge on any atom is 0.415 e. The van der Waals surface area contributed by atoms with Gasteiger partial charge in [0.1, 0.15) is 5.75 Å². The van der Waals surface area contributed by atoms with Crippen molar-refractivity contribution in [2.45, 2.75) is 72.1 Å². The molecule has 0 radical (unpaired) electrons. The lowest BCUT2D eigenvalue weighted by Crippen LogP contribution is -2.33. The number of carbonyl (C=O) groups is 1. The highest BCUT2D eigenvalue weighted by Crippen LogP contribution is 2.39. The highest BCUT2D eigenvalue weighted by atomic mass is 79.9. The van der Waals surface area contributed by atoms with Crippen LogP contribution in [0.15, 0.2) is 16.6 Å². The van der Waals surface area contributed by atoms with Crippen LogP contribution < -0.4 is 9.47 Å². The predicted molar refractivity (Wildman–Crippen MR) is 138 cm³/mol. The fourth-order valence-corrected chi connectivity index (χ4v) is 5.16. The van der Waals surface area contributed by atoms with E-state index in [2.05, 4.69) is 15.9 Å². The molecule has 8 heteroatoms. The first-order valence-corrected chi connectivity index (χ1v) is 13.2. The molecule has 3 rings (SSSR count). The molecule has 6 nitrogen and oxygen atoms in total. The summed E-state index contributed by atoms with van der Waals surface area (Å²) in [4.78, 5) is 19.0. The zero-order valence-corrected chi connectivity index (χ0v) is 23.0. The first-order valence-electron chi connectivity index (χ1n) is 12.4. The molecule has 1 amide bonds. The van der Waals surface area contributed by atoms with Crippen LogP contribution in [0.2, 0.25) is 0 Å². The van der Waals surface area contributed by atoms with Gasteiger partial charge in [-0.15, -0.1) is 0 Å². The Kier molecular flexibility index (Phi) is 9.92. The molecule has 1 saturated carbocycles. The topological polar surface area (TPSA) is 60.9 Å². The van der Waals surface area contributed by atoms with Crippen molar-refractivity contribution in [1.82, 2.24) is 9.88 Å². The number of amides is 1. The molecule has 1 aromatic heterocycles. The number of benzene rings is 1. The van der Waals surface area contributed by atoms with Crippen LogP contribution in [0.4, 0.5) is 9.18 Å². The van der Waals surface area contributed by atoms with Gasteiger partial charge < -0.3 is 19.1 Å². The van der Waals surface area contributed by atoms with E-state index < -0.39 is 11.9 Å². The normalized spacial score (nSPS) is 14.1. The average molecular weight is 551 g/mol. The molecule has 0 aliphatic heterocycles. The number of ether oxygens (including phenoxy) is 3. The number of hydrogen-bond donors (Lipinski definition) is 0. The Morgan fingerprint density at radius 2 is 1.83 bits per heavy atom. The van der Waals surface area contributed by atoms with Crippen LogP contribution in [-0.2, 0) is 11.2 Å². The molecular weight excluding hydrogens is 515 g/mol. The number of pyridine rings is 1. The van der Waals surface area contributed by atoms with Crippen molar-refractivity contribution in [3.05, 3.63) is 50.5 Å². The minimum atomic E-state index is -0.563. The number of methoxy groups -OCH3 is 1. The van der Waals surface area contributed by atoms with Crippen LogP contribution in [-0.4, -0.2) is 43.0 Å². The molecule has 2 aromatic rings. The van der Waals surface area contributed by atoms with Gasteiger partial charge in [0.05, 0.1) is 10.2 Å². The second-order valence-corrected chi connectivity index (χ2v) is 9.77. The first kappa shape index (κ1) is 27.4. The molecule has 192 valence electrons. The van der Waals surface area contributed by atoms with Crippen LogP contribution in [0.3, 0.4) is 0 Å². The van der Waals surface area contributed by atoms with Gasteiger partial charge in [-0.2, -0.15) is 0 Å². The second-order valence-electron chi connectivity index (χ2n) is 8.97. The van der Waals surface area contributed by atoms with E-state index in [4.69, 9.17) is 19.2 Å². The average Bonchev–Trinajstić information content (AvgIpc) is 2.88. The molecule has 0 N–H and O–H groups in total. The monoisotopic (exact) mass is 550 g/mol. The summed E-state index contributed by atoms with van der Waals surface area (Å²) >= 11 is 3.48. The molecule has 0 saturated heterocycles. The minimum absolute atomic E-state index is 0.0696. The molecule has 1 aromatic carbocycles. The lowest BCUT2D eigenvalue weighted by Gasteiger charge is -2.24. The third kappa shape index (κ3) is 6.33. The maximum absolute atomic E-state index is 15.4. The summed E-state index contributed by atoms with van der Waals surface area (Å²) < 4.78 is 32.3. The molecule has 35 heavy (non-hydrogen) atoms. The van der Waals surface area contributed by atoms with Gasteiger partial charge in [0.15, 0.2) is 18.4 Å². The molecule has 0 atom stereocenters. The Bertz CT molecular complexity index is 1010. The van der Waals surface area contributed by atoms with Crippen molar-refractivity contribution in [1.29, 1.82) is 0 Å². The summed E-state index contributed by atoms with van der Waals surface area (Å²) in [6, 6.07) is 3.87. The molecular formula is C27H36BrFN2O4.